The highest BCUT2D eigenvalue weighted by Gasteiger charge is 2.16. The average molecular weight is 435 g/mol. The summed E-state index contributed by atoms with van der Waals surface area (Å²) < 4.78 is 18.8. The molecule has 0 saturated carbocycles. The van der Waals surface area contributed by atoms with Gasteiger partial charge in [-0.3, -0.25) is 0 Å². The SMILES string of the molecule is COc1ccccc1-c1n[nH]c(=S)n1NCc1cc(Cl)c(OC(C)C)c(OC)c1. The second-order valence-corrected chi connectivity index (χ2v) is 7.29. The minimum absolute atomic E-state index is 0.0157. The molecule has 9 heteroatoms. The van der Waals surface area contributed by atoms with Gasteiger partial charge in [0, 0.05) is 0 Å². The van der Waals surface area contributed by atoms with Gasteiger partial charge in [0.05, 0.1) is 37.5 Å². The van der Waals surface area contributed by atoms with Crippen LogP contribution in [-0.2, 0) is 6.54 Å². The van der Waals surface area contributed by atoms with Crippen LogP contribution in [0.25, 0.3) is 11.4 Å². The second-order valence-electron chi connectivity index (χ2n) is 6.50. The van der Waals surface area contributed by atoms with Gasteiger partial charge in [-0.1, -0.05) is 23.7 Å². The second kappa shape index (κ2) is 9.19. The number of aromatic nitrogens is 3. The Morgan fingerprint density at radius 1 is 1.17 bits per heavy atom. The van der Waals surface area contributed by atoms with Crippen LogP contribution in [0.1, 0.15) is 19.4 Å². The molecule has 7 nitrogen and oxygen atoms in total. The fourth-order valence-electron chi connectivity index (χ4n) is 2.85. The third-order valence-corrected chi connectivity index (χ3v) is 4.66. The van der Waals surface area contributed by atoms with Crippen molar-refractivity contribution in [3.63, 3.8) is 0 Å². The minimum atomic E-state index is -0.0157. The van der Waals surface area contributed by atoms with Crippen LogP contribution in [0, 0.1) is 4.77 Å². The van der Waals surface area contributed by atoms with Crippen LogP contribution in [0.3, 0.4) is 0 Å². The monoisotopic (exact) mass is 434 g/mol. The molecule has 1 heterocycles. The molecule has 0 aliphatic carbocycles. The molecule has 0 unspecified atom stereocenters. The number of nitrogens with zero attached hydrogens (tertiary/aromatic N) is 2. The smallest absolute Gasteiger partial charge is 0.214 e. The Morgan fingerprint density at radius 2 is 1.90 bits per heavy atom. The summed E-state index contributed by atoms with van der Waals surface area (Å²) in [5.74, 6) is 2.42. The number of halogens is 1. The van der Waals surface area contributed by atoms with E-state index in [1.54, 1.807) is 18.9 Å². The van der Waals surface area contributed by atoms with E-state index in [0.29, 0.717) is 39.4 Å². The molecule has 0 bridgehead atoms. The first-order valence-corrected chi connectivity index (χ1v) is 9.81. The molecule has 0 amide bonds. The zero-order chi connectivity index (χ0) is 21.0. The Kier molecular flexibility index (Phi) is 6.66. The Balaban J connectivity index is 1.89. The van der Waals surface area contributed by atoms with E-state index in [2.05, 4.69) is 15.6 Å². The molecule has 0 aliphatic rings. The summed E-state index contributed by atoms with van der Waals surface area (Å²) in [6.45, 7) is 4.31. The van der Waals surface area contributed by atoms with Crippen molar-refractivity contribution in [3.05, 3.63) is 51.8 Å². The van der Waals surface area contributed by atoms with Gasteiger partial charge in [0.1, 0.15) is 5.75 Å². The number of hydrogen-bond acceptors (Lipinski definition) is 6. The Morgan fingerprint density at radius 3 is 2.59 bits per heavy atom. The molecule has 0 fully saturated rings. The predicted octanol–water partition coefficient (Wildman–Crippen LogP) is 4.81. The van der Waals surface area contributed by atoms with Crippen LogP contribution in [0.4, 0.5) is 0 Å². The summed E-state index contributed by atoms with van der Waals surface area (Å²) in [7, 11) is 3.20. The Labute approximate surface area is 179 Å². The lowest BCUT2D eigenvalue weighted by atomic mass is 10.2. The first-order chi connectivity index (χ1) is 13.9. The number of hydrogen-bond donors (Lipinski definition) is 2. The molecular formula is C20H23ClN4O3S. The molecule has 0 radical (unpaired) electrons. The molecule has 29 heavy (non-hydrogen) atoms. The van der Waals surface area contributed by atoms with E-state index in [4.69, 9.17) is 38.0 Å². The van der Waals surface area contributed by atoms with Crippen molar-refractivity contribution in [2.75, 3.05) is 19.6 Å². The topological polar surface area (TPSA) is 73.3 Å². The van der Waals surface area contributed by atoms with Crippen LogP contribution in [-0.4, -0.2) is 35.2 Å². The van der Waals surface area contributed by atoms with Crippen molar-refractivity contribution in [1.82, 2.24) is 14.9 Å². The zero-order valence-electron chi connectivity index (χ0n) is 16.7. The Bertz CT molecular complexity index is 1050. The summed E-state index contributed by atoms with van der Waals surface area (Å²) in [5.41, 5.74) is 4.99. The van der Waals surface area contributed by atoms with Crippen molar-refractivity contribution >= 4 is 23.8 Å². The van der Waals surface area contributed by atoms with Crippen LogP contribution in [0.5, 0.6) is 17.2 Å². The summed E-state index contributed by atoms with van der Waals surface area (Å²) in [4.78, 5) is 0. The molecule has 2 aromatic carbocycles. The Hall–Kier alpha value is -2.71. The zero-order valence-corrected chi connectivity index (χ0v) is 18.2. The largest absolute Gasteiger partial charge is 0.496 e. The molecule has 154 valence electrons. The van der Waals surface area contributed by atoms with Crippen molar-refractivity contribution in [1.29, 1.82) is 0 Å². The number of aromatic amines is 1. The third kappa shape index (κ3) is 4.65. The molecule has 0 atom stereocenters. The lowest BCUT2D eigenvalue weighted by Gasteiger charge is -2.17. The van der Waals surface area contributed by atoms with Gasteiger partial charge in [-0.15, -0.1) is 0 Å². The van der Waals surface area contributed by atoms with Gasteiger partial charge in [-0.05, 0) is 55.9 Å². The minimum Gasteiger partial charge on any atom is -0.496 e. The maximum absolute atomic E-state index is 6.42. The van der Waals surface area contributed by atoms with Gasteiger partial charge in [-0.25, -0.2) is 9.77 Å². The van der Waals surface area contributed by atoms with E-state index in [-0.39, 0.29) is 6.10 Å². The van der Waals surface area contributed by atoms with E-state index in [1.165, 1.54) is 0 Å². The van der Waals surface area contributed by atoms with Gasteiger partial charge in [0.15, 0.2) is 17.3 Å². The summed E-state index contributed by atoms with van der Waals surface area (Å²) >= 11 is 11.8. The van der Waals surface area contributed by atoms with Crippen LogP contribution in [0.2, 0.25) is 5.02 Å². The highest BCUT2D eigenvalue weighted by Crippen LogP contribution is 2.37. The van der Waals surface area contributed by atoms with Crippen LogP contribution >= 0.6 is 23.8 Å². The van der Waals surface area contributed by atoms with E-state index in [1.807, 2.05) is 50.2 Å². The fraction of sp³-hybridized carbons (Fsp3) is 0.300. The van der Waals surface area contributed by atoms with Gasteiger partial charge >= 0.3 is 0 Å². The number of benzene rings is 2. The normalized spacial score (nSPS) is 10.8. The van der Waals surface area contributed by atoms with E-state index in [0.717, 1.165) is 11.1 Å². The molecule has 3 aromatic rings. The quantitative estimate of drug-likeness (QED) is 0.496. The first-order valence-electron chi connectivity index (χ1n) is 9.02. The maximum Gasteiger partial charge on any atom is 0.214 e. The highest BCUT2D eigenvalue weighted by atomic mass is 35.5. The number of ether oxygens (including phenoxy) is 3. The average Bonchev–Trinajstić information content (AvgIpc) is 3.07. The van der Waals surface area contributed by atoms with Gasteiger partial charge < -0.3 is 19.6 Å². The molecule has 0 saturated heterocycles. The van der Waals surface area contributed by atoms with E-state index < -0.39 is 0 Å². The summed E-state index contributed by atoms with van der Waals surface area (Å²) in [6, 6.07) is 11.3. The molecule has 0 spiro atoms. The van der Waals surface area contributed by atoms with Crippen molar-refractivity contribution in [2.24, 2.45) is 0 Å². The third-order valence-electron chi connectivity index (χ3n) is 4.10. The summed E-state index contributed by atoms with van der Waals surface area (Å²) in [5, 5.41) is 7.63. The maximum atomic E-state index is 6.42. The van der Waals surface area contributed by atoms with Gasteiger partial charge in [0.25, 0.3) is 0 Å². The van der Waals surface area contributed by atoms with E-state index >= 15 is 0 Å². The lowest BCUT2D eigenvalue weighted by Crippen LogP contribution is -2.16. The van der Waals surface area contributed by atoms with E-state index in [9.17, 15) is 0 Å². The number of H-pyrrole nitrogens is 1. The van der Waals surface area contributed by atoms with Crippen LogP contribution < -0.4 is 19.6 Å². The number of para-hydroxylation sites is 1. The van der Waals surface area contributed by atoms with Crippen molar-refractivity contribution in [3.8, 4) is 28.6 Å². The standard InChI is InChI=1S/C20H23ClN4O3S/c1-12(2)28-18-15(21)9-13(10-17(18)27-4)11-22-25-19(23-24-20(25)29)14-7-5-6-8-16(14)26-3/h5-10,12,22H,11H2,1-4H3,(H,24,29). The predicted molar refractivity (Wildman–Crippen MR) is 116 cm³/mol. The van der Waals surface area contributed by atoms with Crippen molar-refractivity contribution in [2.45, 2.75) is 26.5 Å². The molecular weight excluding hydrogens is 412 g/mol. The lowest BCUT2D eigenvalue weighted by molar-refractivity contribution is 0.230. The number of rotatable bonds is 8. The molecule has 3 rings (SSSR count). The van der Waals surface area contributed by atoms with Gasteiger partial charge in [-0.2, -0.15) is 5.10 Å². The number of nitrogens with one attached hydrogen (secondary N) is 2. The van der Waals surface area contributed by atoms with Crippen molar-refractivity contribution < 1.29 is 14.2 Å². The summed E-state index contributed by atoms with van der Waals surface area (Å²) in [6.07, 6.45) is -0.0157. The molecule has 2 N–H and O–H groups in total. The molecule has 0 aliphatic heterocycles. The van der Waals surface area contributed by atoms with Crippen LogP contribution in [0.15, 0.2) is 36.4 Å². The first kappa shape index (κ1) is 21.0. The number of methoxy groups -OCH3 is 2. The molecule has 1 aromatic heterocycles. The highest BCUT2D eigenvalue weighted by molar-refractivity contribution is 7.71. The fourth-order valence-corrected chi connectivity index (χ4v) is 3.32. The van der Waals surface area contributed by atoms with Gasteiger partial charge in [0.2, 0.25) is 4.77 Å².